The third kappa shape index (κ3) is 2.52. The number of fused-ring (bicyclic) bond motifs is 1. The third-order valence-electron chi connectivity index (χ3n) is 3.88. The van der Waals surface area contributed by atoms with Gasteiger partial charge in [-0.25, -0.2) is 0 Å². The van der Waals surface area contributed by atoms with Crippen molar-refractivity contribution < 1.29 is 4.52 Å². The maximum absolute atomic E-state index is 5.45. The molecule has 0 radical (unpaired) electrons. The van der Waals surface area contributed by atoms with Crippen LogP contribution in [0, 0.1) is 0 Å². The van der Waals surface area contributed by atoms with Gasteiger partial charge in [0.05, 0.1) is 5.92 Å². The van der Waals surface area contributed by atoms with E-state index in [-0.39, 0.29) is 12.4 Å². The average Bonchev–Trinajstić information content (AvgIpc) is 3.17. The first-order valence-electron chi connectivity index (χ1n) is 6.94. The highest BCUT2D eigenvalue weighted by Gasteiger charge is 2.23. The molecular weight excluding hydrogens is 286 g/mol. The lowest BCUT2D eigenvalue weighted by Crippen LogP contribution is -2.08. The summed E-state index contributed by atoms with van der Waals surface area (Å²) in [5.41, 5.74) is 1.03. The second-order valence-electron chi connectivity index (χ2n) is 5.17. The Hall–Kier alpha value is -1.91. The zero-order valence-corrected chi connectivity index (χ0v) is 12.3. The first-order chi connectivity index (χ1) is 9.92. The summed E-state index contributed by atoms with van der Waals surface area (Å²) in [6, 6.07) is 14.4. The van der Waals surface area contributed by atoms with Crippen LogP contribution in [0.2, 0.25) is 0 Å². The van der Waals surface area contributed by atoms with Gasteiger partial charge in [0.1, 0.15) is 0 Å². The Kier molecular flexibility index (Phi) is 3.90. The topological polar surface area (TPSA) is 51.0 Å². The van der Waals surface area contributed by atoms with Gasteiger partial charge in [-0.3, -0.25) is 0 Å². The summed E-state index contributed by atoms with van der Waals surface area (Å²) < 4.78 is 5.45. The lowest BCUT2D eigenvalue weighted by atomic mass is 10.0. The maximum atomic E-state index is 5.45. The zero-order valence-electron chi connectivity index (χ0n) is 11.5. The SMILES string of the molecule is Cl.c1ccc2c(-c3noc([C@@H]4CCNC4)n3)cccc2c1. The van der Waals surface area contributed by atoms with E-state index in [0.717, 1.165) is 36.4 Å². The summed E-state index contributed by atoms with van der Waals surface area (Å²) in [5, 5.41) is 9.84. The van der Waals surface area contributed by atoms with Gasteiger partial charge < -0.3 is 9.84 Å². The number of aromatic nitrogens is 2. The number of nitrogens with one attached hydrogen (secondary N) is 1. The molecule has 108 valence electrons. The molecule has 1 N–H and O–H groups in total. The molecule has 4 nitrogen and oxygen atoms in total. The van der Waals surface area contributed by atoms with Crippen LogP contribution in [0.1, 0.15) is 18.2 Å². The smallest absolute Gasteiger partial charge is 0.231 e. The Morgan fingerprint density at radius 1 is 1.10 bits per heavy atom. The van der Waals surface area contributed by atoms with Crippen molar-refractivity contribution in [3.8, 4) is 11.4 Å². The summed E-state index contributed by atoms with van der Waals surface area (Å²) in [6.45, 7) is 1.95. The molecule has 0 amide bonds. The number of benzene rings is 2. The van der Waals surface area contributed by atoms with Crippen LogP contribution in [0.25, 0.3) is 22.2 Å². The van der Waals surface area contributed by atoms with Gasteiger partial charge in [-0.05, 0) is 23.7 Å². The molecule has 1 fully saturated rings. The van der Waals surface area contributed by atoms with Crippen LogP contribution in [-0.2, 0) is 0 Å². The Balaban J connectivity index is 0.00000132. The predicted molar refractivity (Wildman–Crippen MR) is 84.7 cm³/mol. The normalized spacial score (nSPS) is 17.8. The predicted octanol–water partition coefficient (Wildman–Crippen LogP) is 3.39. The van der Waals surface area contributed by atoms with Crippen molar-refractivity contribution in [3.63, 3.8) is 0 Å². The second-order valence-corrected chi connectivity index (χ2v) is 5.17. The monoisotopic (exact) mass is 301 g/mol. The van der Waals surface area contributed by atoms with Crippen LogP contribution in [0.5, 0.6) is 0 Å². The van der Waals surface area contributed by atoms with Crippen molar-refractivity contribution in [3.05, 3.63) is 48.4 Å². The van der Waals surface area contributed by atoms with Gasteiger partial charge in [0.15, 0.2) is 0 Å². The summed E-state index contributed by atoms with van der Waals surface area (Å²) in [7, 11) is 0. The van der Waals surface area contributed by atoms with Crippen LogP contribution in [0.15, 0.2) is 47.0 Å². The summed E-state index contributed by atoms with van der Waals surface area (Å²) in [4.78, 5) is 4.59. The van der Waals surface area contributed by atoms with Gasteiger partial charge >= 0.3 is 0 Å². The minimum absolute atomic E-state index is 0. The van der Waals surface area contributed by atoms with Crippen molar-refractivity contribution in [2.24, 2.45) is 0 Å². The highest BCUT2D eigenvalue weighted by atomic mass is 35.5. The molecule has 1 saturated heterocycles. The van der Waals surface area contributed by atoms with E-state index in [1.807, 2.05) is 24.3 Å². The lowest BCUT2D eigenvalue weighted by Gasteiger charge is -2.02. The Labute approximate surface area is 129 Å². The molecule has 0 saturated carbocycles. The van der Waals surface area contributed by atoms with Crippen molar-refractivity contribution >= 4 is 23.2 Å². The van der Waals surface area contributed by atoms with Crippen LogP contribution in [-0.4, -0.2) is 23.2 Å². The first kappa shape index (κ1) is 14.0. The van der Waals surface area contributed by atoms with E-state index in [0.29, 0.717) is 11.7 Å². The standard InChI is InChI=1S/C16H15N3O.ClH/c1-2-6-13-11(4-1)5-3-7-14(13)15-18-16(20-19-15)12-8-9-17-10-12;/h1-7,12,17H,8-10H2;1H/t12-;/m1./s1. The highest BCUT2D eigenvalue weighted by Crippen LogP contribution is 2.28. The molecule has 0 aliphatic carbocycles. The third-order valence-corrected chi connectivity index (χ3v) is 3.88. The molecular formula is C16H16ClN3O. The van der Waals surface area contributed by atoms with Crippen LogP contribution in [0.3, 0.4) is 0 Å². The largest absolute Gasteiger partial charge is 0.339 e. The molecule has 0 spiro atoms. The molecule has 2 aromatic carbocycles. The van der Waals surface area contributed by atoms with E-state index in [4.69, 9.17) is 4.52 Å². The zero-order chi connectivity index (χ0) is 13.4. The van der Waals surface area contributed by atoms with Gasteiger partial charge in [0, 0.05) is 12.1 Å². The van der Waals surface area contributed by atoms with Crippen LogP contribution < -0.4 is 5.32 Å². The molecule has 3 aromatic rings. The van der Waals surface area contributed by atoms with E-state index in [9.17, 15) is 0 Å². The first-order valence-corrected chi connectivity index (χ1v) is 6.94. The van der Waals surface area contributed by atoms with Crippen molar-refractivity contribution in [2.75, 3.05) is 13.1 Å². The van der Waals surface area contributed by atoms with Crippen molar-refractivity contribution in [1.82, 2.24) is 15.5 Å². The van der Waals surface area contributed by atoms with Crippen molar-refractivity contribution in [2.45, 2.75) is 12.3 Å². The number of rotatable bonds is 2. The minimum atomic E-state index is 0. The van der Waals surface area contributed by atoms with Crippen LogP contribution in [0.4, 0.5) is 0 Å². The quantitative estimate of drug-likeness (QED) is 0.788. The highest BCUT2D eigenvalue weighted by molar-refractivity contribution is 5.94. The van der Waals surface area contributed by atoms with E-state index < -0.39 is 0 Å². The fourth-order valence-corrected chi connectivity index (χ4v) is 2.80. The molecule has 5 heteroatoms. The summed E-state index contributed by atoms with van der Waals surface area (Å²) in [6.07, 6.45) is 1.07. The molecule has 1 aliphatic rings. The van der Waals surface area contributed by atoms with Crippen LogP contribution >= 0.6 is 12.4 Å². The molecule has 0 unspecified atom stereocenters. The molecule has 21 heavy (non-hydrogen) atoms. The molecule has 4 rings (SSSR count). The summed E-state index contributed by atoms with van der Waals surface area (Å²) in [5.74, 6) is 1.79. The Bertz CT molecular complexity index is 745. The fourth-order valence-electron chi connectivity index (χ4n) is 2.80. The van der Waals surface area contributed by atoms with Gasteiger partial charge in [0.25, 0.3) is 0 Å². The molecule has 0 bridgehead atoms. The van der Waals surface area contributed by atoms with E-state index in [1.54, 1.807) is 0 Å². The lowest BCUT2D eigenvalue weighted by molar-refractivity contribution is 0.359. The maximum Gasteiger partial charge on any atom is 0.231 e. The number of nitrogens with zero attached hydrogens (tertiary/aromatic N) is 2. The van der Waals surface area contributed by atoms with Gasteiger partial charge in [-0.2, -0.15) is 4.98 Å². The van der Waals surface area contributed by atoms with E-state index in [2.05, 4.69) is 33.7 Å². The summed E-state index contributed by atoms with van der Waals surface area (Å²) >= 11 is 0. The number of halogens is 1. The van der Waals surface area contributed by atoms with Gasteiger partial charge in [0.2, 0.25) is 11.7 Å². The molecule has 1 atom stereocenters. The molecule has 1 aliphatic heterocycles. The van der Waals surface area contributed by atoms with Gasteiger partial charge in [-0.15, -0.1) is 12.4 Å². The Morgan fingerprint density at radius 2 is 1.95 bits per heavy atom. The number of hydrogen-bond acceptors (Lipinski definition) is 4. The minimum Gasteiger partial charge on any atom is -0.339 e. The number of hydrogen-bond donors (Lipinski definition) is 1. The molecule has 2 heterocycles. The van der Waals surface area contributed by atoms with E-state index in [1.165, 1.54) is 5.39 Å². The Morgan fingerprint density at radius 3 is 2.81 bits per heavy atom. The molecule has 1 aromatic heterocycles. The second kappa shape index (κ2) is 5.84. The average molecular weight is 302 g/mol. The van der Waals surface area contributed by atoms with E-state index >= 15 is 0 Å². The fraction of sp³-hybridized carbons (Fsp3) is 0.250. The van der Waals surface area contributed by atoms with Crippen molar-refractivity contribution in [1.29, 1.82) is 0 Å². The van der Waals surface area contributed by atoms with Gasteiger partial charge in [-0.1, -0.05) is 47.6 Å².